The Morgan fingerprint density at radius 3 is 2.43 bits per heavy atom. The maximum Gasteiger partial charge on any atom is 0.143 e. The highest BCUT2D eigenvalue weighted by Crippen LogP contribution is 2.39. The predicted octanol–water partition coefficient (Wildman–Crippen LogP) is 3.81. The maximum atomic E-state index is 6.19. The normalized spacial score (nSPS) is 11.2. The van der Waals surface area contributed by atoms with Crippen LogP contribution in [0.25, 0.3) is 33.4 Å². The molecule has 0 unspecified atom stereocenters. The minimum Gasteiger partial charge on any atom is -0.492 e. The van der Waals surface area contributed by atoms with Crippen molar-refractivity contribution in [3.8, 4) is 28.1 Å². The molecule has 0 atom stereocenters. The van der Waals surface area contributed by atoms with E-state index >= 15 is 0 Å². The van der Waals surface area contributed by atoms with Crippen molar-refractivity contribution in [2.75, 3.05) is 33.0 Å². The molecule has 0 saturated heterocycles. The minimum atomic E-state index is 0.468. The van der Waals surface area contributed by atoms with Gasteiger partial charge in [-0.2, -0.15) is 0 Å². The van der Waals surface area contributed by atoms with E-state index in [9.17, 15) is 0 Å². The molecule has 0 saturated carbocycles. The summed E-state index contributed by atoms with van der Waals surface area (Å²) in [6, 6.07) is 18.2. The van der Waals surface area contributed by atoms with Crippen molar-refractivity contribution in [3.63, 3.8) is 0 Å². The summed E-state index contributed by atoms with van der Waals surface area (Å²) in [5.74, 6) is 1.32. The van der Waals surface area contributed by atoms with Crippen molar-refractivity contribution in [1.29, 1.82) is 0 Å². The summed E-state index contributed by atoms with van der Waals surface area (Å²) in [6.07, 6.45) is 1.48. The number of nitrogens with one attached hydrogen (secondary N) is 1. The number of benzene rings is 2. The van der Waals surface area contributed by atoms with Crippen LogP contribution in [0, 0.1) is 0 Å². The lowest BCUT2D eigenvalue weighted by atomic mass is 9.99. The van der Waals surface area contributed by atoms with Gasteiger partial charge in [-0.1, -0.05) is 30.3 Å². The highest BCUT2D eigenvalue weighted by molar-refractivity contribution is 6.07. The van der Waals surface area contributed by atoms with E-state index in [2.05, 4.69) is 32.0 Å². The molecule has 6 heteroatoms. The van der Waals surface area contributed by atoms with Crippen LogP contribution in [0.4, 0.5) is 5.82 Å². The lowest BCUT2D eigenvalue weighted by Crippen LogP contribution is -2.19. The van der Waals surface area contributed by atoms with Gasteiger partial charge in [0, 0.05) is 12.1 Å². The zero-order valence-electron chi connectivity index (χ0n) is 16.0. The maximum absolute atomic E-state index is 6.19. The van der Waals surface area contributed by atoms with E-state index in [4.69, 9.17) is 10.5 Å². The number of aromatic nitrogens is 3. The van der Waals surface area contributed by atoms with Gasteiger partial charge >= 0.3 is 0 Å². The highest BCUT2D eigenvalue weighted by atomic mass is 16.5. The summed E-state index contributed by atoms with van der Waals surface area (Å²) >= 11 is 0. The van der Waals surface area contributed by atoms with Gasteiger partial charge < -0.3 is 20.4 Å². The van der Waals surface area contributed by atoms with Gasteiger partial charge in [-0.25, -0.2) is 9.97 Å². The Hall–Kier alpha value is -3.38. The number of ether oxygens (including phenoxy) is 1. The van der Waals surface area contributed by atoms with E-state index in [-0.39, 0.29) is 0 Å². The molecule has 4 aromatic rings. The molecule has 0 spiro atoms. The van der Waals surface area contributed by atoms with Crippen molar-refractivity contribution in [2.45, 2.75) is 0 Å². The fourth-order valence-electron chi connectivity index (χ4n) is 3.22. The molecule has 0 bridgehead atoms. The number of likely N-dealkylation sites (N-methyl/N-ethyl adjacent to an activating group) is 1. The average Bonchev–Trinajstić information content (AvgIpc) is 3.10. The number of hydrogen-bond acceptors (Lipinski definition) is 5. The van der Waals surface area contributed by atoms with Crippen molar-refractivity contribution in [1.82, 2.24) is 19.9 Å². The third-order valence-corrected chi connectivity index (χ3v) is 4.63. The number of nitrogens with zero attached hydrogens (tertiary/aromatic N) is 3. The summed E-state index contributed by atoms with van der Waals surface area (Å²) in [7, 11) is 4.06. The number of nitrogen functional groups attached to an aromatic ring is 1. The second-order valence-corrected chi connectivity index (χ2v) is 6.90. The van der Waals surface area contributed by atoms with Crippen LogP contribution in [0.5, 0.6) is 5.75 Å². The molecule has 6 nitrogen and oxygen atoms in total. The van der Waals surface area contributed by atoms with Crippen molar-refractivity contribution in [3.05, 3.63) is 60.9 Å². The number of rotatable bonds is 6. The average molecular weight is 373 g/mol. The molecular formula is C22H23N5O. The predicted molar refractivity (Wildman–Crippen MR) is 113 cm³/mol. The third kappa shape index (κ3) is 3.54. The quantitative estimate of drug-likeness (QED) is 0.537. The van der Waals surface area contributed by atoms with Crippen LogP contribution in [0.3, 0.4) is 0 Å². The smallest absolute Gasteiger partial charge is 0.143 e. The van der Waals surface area contributed by atoms with Crippen LogP contribution in [0.15, 0.2) is 60.9 Å². The Morgan fingerprint density at radius 1 is 0.964 bits per heavy atom. The Kier molecular flexibility index (Phi) is 4.95. The molecule has 2 heterocycles. The van der Waals surface area contributed by atoms with Crippen molar-refractivity contribution >= 4 is 16.9 Å². The Labute approximate surface area is 164 Å². The fraction of sp³-hybridized carbons (Fsp3) is 0.182. The van der Waals surface area contributed by atoms with Crippen LogP contribution in [-0.2, 0) is 0 Å². The van der Waals surface area contributed by atoms with E-state index in [1.165, 1.54) is 6.33 Å². The first kappa shape index (κ1) is 18.0. The highest BCUT2D eigenvalue weighted by Gasteiger charge is 2.18. The molecule has 2 aromatic heterocycles. The van der Waals surface area contributed by atoms with E-state index in [1.807, 2.05) is 56.6 Å². The molecule has 0 aliphatic rings. The molecule has 0 radical (unpaired) electrons. The first-order valence-corrected chi connectivity index (χ1v) is 9.19. The molecule has 0 amide bonds. The van der Waals surface area contributed by atoms with Gasteiger partial charge in [0.05, 0.1) is 11.1 Å². The Bertz CT molecular complexity index is 1070. The van der Waals surface area contributed by atoms with E-state index in [0.717, 1.165) is 45.7 Å². The number of fused-ring (bicyclic) bond motifs is 1. The molecule has 28 heavy (non-hydrogen) atoms. The monoisotopic (exact) mass is 373 g/mol. The minimum absolute atomic E-state index is 0.468. The van der Waals surface area contributed by atoms with Crippen LogP contribution >= 0.6 is 0 Å². The first-order valence-electron chi connectivity index (χ1n) is 9.19. The van der Waals surface area contributed by atoms with E-state index < -0.39 is 0 Å². The largest absolute Gasteiger partial charge is 0.492 e. The van der Waals surface area contributed by atoms with Gasteiger partial charge in [0.2, 0.25) is 0 Å². The second kappa shape index (κ2) is 7.70. The van der Waals surface area contributed by atoms with Crippen LogP contribution in [-0.4, -0.2) is 47.1 Å². The molecule has 0 aliphatic carbocycles. The summed E-state index contributed by atoms with van der Waals surface area (Å²) < 4.78 is 5.81. The standard InChI is InChI=1S/C22H23N5O/c1-27(2)12-13-28-17-10-8-16(9-11-17)20-18(15-6-4-3-5-7-15)19-21(23)24-14-25-22(19)26-20/h3-11,14H,12-13H2,1-2H3,(H3,23,24,25,26). The SMILES string of the molecule is CN(C)CCOc1ccc(-c2[nH]c3ncnc(N)c3c2-c2ccccc2)cc1. The summed E-state index contributed by atoms with van der Waals surface area (Å²) in [4.78, 5) is 14.1. The molecule has 3 N–H and O–H groups in total. The van der Waals surface area contributed by atoms with Gasteiger partial charge in [-0.3, -0.25) is 0 Å². The first-order chi connectivity index (χ1) is 13.6. The van der Waals surface area contributed by atoms with Gasteiger partial charge in [0.25, 0.3) is 0 Å². The van der Waals surface area contributed by atoms with Gasteiger partial charge in [0.15, 0.2) is 0 Å². The summed E-state index contributed by atoms with van der Waals surface area (Å²) in [6.45, 7) is 1.53. The van der Waals surface area contributed by atoms with E-state index in [1.54, 1.807) is 0 Å². The third-order valence-electron chi connectivity index (χ3n) is 4.63. The molecule has 142 valence electrons. The number of nitrogens with two attached hydrogens (primary N) is 1. The molecule has 0 fully saturated rings. The van der Waals surface area contributed by atoms with Gasteiger partial charge in [-0.05, 0) is 49.5 Å². The molecule has 2 aromatic carbocycles. The van der Waals surface area contributed by atoms with Gasteiger partial charge in [0.1, 0.15) is 30.1 Å². The number of hydrogen-bond donors (Lipinski definition) is 2. The molecular weight excluding hydrogens is 350 g/mol. The Balaban J connectivity index is 1.76. The molecule has 0 aliphatic heterocycles. The van der Waals surface area contributed by atoms with Crippen LogP contribution < -0.4 is 10.5 Å². The van der Waals surface area contributed by atoms with E-state index in [0.29, 0.717) is 12.4 Å². The lowest BCUT2D eigenvalue weighted by molar-refractivity contribution is 0.261. The number of anilines is 1. The second-order valence-electron chi connectivity index (χ2n) is 6.90. The summed E-state index contributed by atoms with van der Waals surface area (Å²) in [5.41, 5.74) is 11.0. The van der Waals surface area contributed by atoms with Crippen molar-refractivity contribution < 1.29 is 4.74 Å². The van der Waals surface area contributed by atoms with Crippen molar-refractivity contribution in [2.24, 2.45) is 0 Å². The summed E-state index contributed by atoms with van der Waals surface area (Å²) in [5, 5.41) is 0.843. The Morgan fingerprint density at radius 2 is 1.71 bits per heavy atom. The lowest BCUT2D eigenvalue weighted by Gasteiger charge is -2.11. The van der Waals surface area contributed by atoms with Crippen LogP contribution in [0.1, 0.15) is 0 Å². The zero-order chi connectivity index (χ0) is 19.5. The van der Waals surface area contributed by atoms with Crippen LogP contribution in [0.2, 0.25) is 0 Å². The fourth-order valence-corrected chi connectivity index (χ4v) is 3.22. The topological polar surface area (TPSA) is 80.1 Å². The zero-order valence-corrected chi connectivity index (χ0v) is 16.0. The number of aromatic amines is 1. The molecule has 4 rings (SSSR count). The van der Waals surface area contributed by atoms with Gasteiger partial charge in [-0.15, -0.1) is 0 Å². The number of H-pyrrole nitrogens is 1.